The Morgan fingerprint density at radius 3 is 2.45 bits per heavy atom. The summed E-state index contributed by atoms with van der Waals surface area (Å²) in [6.07, 6.45) is -0.0259. The van der Waals surface area contributed by atoms with Gasteiger partial charge in [0, 0.05) is 6.07 Å². The van der Waals surface area contributed by atoms with Crippen LogP contribution in [0, 0.1) is 10.1 Å². The molecule has 0 aliphatic carbocycles. The van der Waals surface area contributed by atoms with Gasteiger partial charge in [0.2, 0.25) is 0 Å². The number of benzene rings is 1. The Bertz CT molecular complexity index is 729. The molecule has 0 fully saturated rings. The monoisotopic (exact) mass is 302 g/mol. The molecule has 0 spiro atoms. The minimum Gasteiger partial charge on any atom is -0.465 e. The Balaban J connectivity index is 2.15. The number of pyridine rings is 1. The van der Waals surface area contributed by atoms with Crippen LogP contribution < -0.4 is 10.6 Å². The fraction of sp³-hybridized carbons (Fsp3) is 0. The van der Waals surface area contributed by atoms with Gasteiger partial charge in [-0.25, -0.2) is 9.78 Å². The number of para-hydroxylation sites is 1. The number of nitrogens with zero attached hydrogens (tertiary/aromatic N) is 2. The zero-order chi connectivity index (χ0) is 16.1. The van der Waals surface area contributed by atoms with Gasteiger partial charge in [-0.3, -0.25) is 20.2 Å². The van der Waals surface area contributed by atoms with Crippen LogP contribution >= 0.6 is 0 Å². The van der Waals surface area contributed by atoms with E-state index in [4.69, 9.17) is 5.11 Å². The smallest absolute Gasteiger partial charge is 0.410 e. The van der Waals surface area contributed by atoms with E-state index in [1.54, 1.807) is 0 Å². The number of amides is 2. The lowest BCUT2D eigenvalue weighted by atomic mass is 10.1. The van der Waals surface area contributed by atoms with Crippen molar-refractivity contribution in [1.82, 2.24) is 4.98 Å². The van der Waals surface area contributed by atoms with Gasteiger partial charge < -0.3 is 10.4 Å². The van der Waals surface area contributed by atoms with Crippen molar-refractivity contribution in [3.8, 4) is 0 Å². The third-order valence-corrected chi connectivity index (χ3v) is 2.60. The van der Waals surface area contributed by atoms with Gasteiger partial charge in [0.15, 0.2) is 0 Å². The van der Waals surface area contributed by atoms with Gasteiger partial charge in [-0.2, -0.15) is 0 Å². The minimum absolute atomic E-state index is 0.0831. The number of hydrogen-bond donors (Lipinski definition) is 3. The van der Waals surface area contributed by atoms with E-state index in [2.05, 4.69) is 10.3 Å². The predicted octanol–water partition coefficient (Wildman–Crippen LogP) is 2.33. The molecule has 3 N–H and O–H groups in total. The average molecular weight is 302 g/mol. The van der Waals surface area contributed by atoms with Crippen molar-refractivity contribution >= 4 is 29.2 Å². The second kappa shape index (κ2) is 6.31. The molecule has 2 aromatic rings. The molecule has 9 nitrogen and oxygen atoms in total. The molecule has 0 unspecified atom stereocenters. The third-order valence-electron chi connectivity index (χ3n) is 2.60. The summed E-state index contributed by atoms with van der Waals surface area (Å²) in [4.78, 5) is 36.5. The lowest BCUT2D eigenvalue weighted by Crippen LogP contribution is -2.14. The second-order valence-electron chi connectivity index (χ2n) is 4.09. The summed E-state index contributed by atoms with van der Waals surface area (Å²) in [6, 6.07) is 8.31. The van der Waals surface area contributed by atoms with Gasteiger partial charge in [-0.15, -0.1) is 0 Å². The number of anilines is 2. The fourth-order valence-electron chi connectivity index (χ4n) is 1.67. The number of carbonyl (C=O) groups excluding carboxylic acids is 1. The highest BCUT2D eigenvalue weighted by atomic mass is 16.6. The Morgan fingerprint density at radius 1 is 1.14 bits per heavy atom. The van der Waals surface area contributed by atoms with Crippen molar-refractivity contribution in [1.29, 1.82) is 0 Å². The zero-order valence-corrected chi connectivity index (χ0v) is 11.0. The van der Waals surface area contributed by atoms with Gasteiger partial charge in [0.25, 0.3) is 11.6 Å². The second-order valence-corrected chi connectivity index (χ2v) is 4.09. The van der Waals surface area contributed by atoms with E-state index in [0.29, 0.717) is 0 Å². The standard InChI is InChI=1S/C13H10N4O5/c18-12(9-3-1-2-4-10(9)17(21)22)15-8-5-6-11(14-7-8)16-13(19)20/h1-7H,(H,14,16)(H,15,18)(H,19,20). The molecule has 9 heteroatoms. The quantitative estimate of drug-likeness (QED) is 0.586. The van der Waals surface area contributed by atoms with E-state index in [0.717, 1.165) is 0 Å². The lowest BCUT2D eigenvalue weighted by Gasteiger charge is -2.06. The van der Waals surface area contributed by atoms with E-state index in [9.17, 15) is 19.7 Å². The van der Waals surface area contributed by atoms with E-state index in [1.165, 1.54) is 42.6 Å². The number of carbonyl (C=O) groups is 2. The molecule has 0 bridgehead atoms. The van der Waals surface area contributed by atoms with Gasteiger partial charge in [0.1, 0.15) is 11.4 Å². The first-order chi connectivity index (χ1) is 10.5. The maximum Gasteiger partial charge on any atom is 0.410 e. The Kier molecular flexibility index (Phi) is 4.27. The third kappa shape index (κ3) is 3.54. The molecule has 22 heavy (non-hydrogen) atoms. The normalized spacial score (nSPS) is 9.82. The summed E-state index contributed by atoms with van der Waals surface area (Å²) >= 11 is 0. The summed E-state index contributed by atoms with van der Waals surface area (Å²) in [7, 11) is 0. The molecule has 0 atom stereocenters. The molecule has 0 saturated heterocycles. The number of hydrogen-bond acceptors (Lipinski definition) is 5. The molecule has 1 aromatic heterocycles. The molecular formula is C13H10N4O5. The van der Waals surface area contributed by atoms with Crippen LogP contribution in [0.15, 0.2) is 42.6 Å². The van der Waals surface area contributed by atoms with Crippen LogP contribution in [-0.4, -0.2) is 27.0 Å². The zero-order valence-electron chi connectivity index (χ0n) is 11.0. The van der Waals surface area contributed by atoms with Gasteiger partial charge >= 0.3 is 6.09 Å². The van der Waals surface area contributed by atoms with Crippen LogP contribution in [0.1, 0.15) is 10.4 Å². The Labute approximate surface area is 123 Å². The Morgan fingerprint density at radius 2 is 1.86 bits per heavy atom. The number of nitrogens with one attached hydrogen (secondary N) is 2. The van der Waals surface area contributed by atoms with E-state index in [1.807, 2.05) is 5.32 Å². The average Bonchev–Trinajstić information content (AvgIpc) is 2.48. The maximum absolute atomic E-state index is 12.0. The number of nitro benzene ring substituents is 1. The van der Waals surface area contributed by atoms with Crippen LogP contribution in [0.25, 0.3) is 0 Å². The molecule has 0 aliphatic rings. The van der Waals surface area contributed by atoms with Gasteiger partial charge in [-0.05, 0) is 18.2 Å². The number of nitro groups is 1. The number of rotatable bonds is 4. The van der Waals surface area contributed by atoms with Gasteiger partial charge in [0.05, 0.1) is 16.8 Å². The molecule has 0 saturated carbocycles. The molecule has 0 aliphatic heterocycles. The van der Waals surface area contributed by atoms with Crippen LogP contribution in [0.3, 0.4) is 0 Å². The highest BCUT2D eigenvalue weighted by Gasteiger charge is 2.19. The molecule has 2 amide bonds. The summed E-state index contributed by atoms with van der Waals surface area (Å²) < 4.78 is 0. The highest BCUT2D eigenvalue weighted by Crippen LogP contribution is 2.19. The number of carboxylic acid groups (broad SMARTS) is 1. The first-order valence-corrected chi connectivity index (χ1v) is 5.98. The van der Waals surface area contributed by atoms with Crippen molar-refractivity contribution in [2.24, 2.45) is 0 Å². The maximum atomic E-state index is 12.0. The van der Waals surface area contributed by atoms with E-state index >= 15 is 0 Å². The molecular weight excluding hydrogens is 292 g/mol. The largest absolute Gasteiger partial charge is 0.465 e. The summed E-state index contributed by atoms with van der Waals surface area (Å²) in [5, 5.41) is 23.9. The van der Waals surface area contributed by atoms with Crippen molar-refractivity contribution in [2.45, 2.75) is 0 Å². The van der Waals surface area contributed by atoms with Crippen molar-refractivity contribution < 1.29 is 19.6 Å². The van der Waals surface area contributed by atoms with Crippen molar-refractivity contribution in [3.63, 3.8) is 0 Å². The molecule has 0 radical (unpaired) electrons. The Hall–Kier alpha value is -3.49. The minimum atomic E-state index is -1.26. The summed E-state index contributed by atoms with van der Waals surface area (Å²) in [5.41, 5.74) is -0.114. The lowest BCUT2D eigenvalue weighted by molar-refractivity contribution is -0.385. The van der Waals surface area contributed by atoms with E-state index < -0.39 is 16.9 Å². The van der Waals surface area contributed by atoms with Crippen LogP contribution in [-0.2, 0) is 0 Å². The fourth-order valence-corrected chi connectivity index (χ4v) is 1.67. The van der Waals surface area contributed by atoms with Crippen molar-refractivity contribution in [3.05, 3.63) is 58.3 Å². The highest BCUT2D eigenvalue weighted by molar-refractivity contribution is 6.07. The molecule has 1 heterocycles. The topological polar surface area (TPSA) is 134 Å². The summed E-state index contributed by atoms with van der Waals surface area (Å²) in [6.45, 7) is 0. The first-order valence-electron chi connectivity index (χ1n) is 5.98. The van der Waals surface area contributed by atoms with Gasteiger partial charge in [-0.1, -0.05) is 12.1 Å². The van der Waals surface area contributed by atoms with Crippen LogP contribution in [0.4, 0.5) is 22.0 Å². The summed E-state index contributed by atoms with van der Waals surface area (Å²) in [5.74, 6) is -0.566. The SMILES string of the molecule is O=C(O)Nc1ccc(NC(=O)c2ccccc2[N+](=O)[O-])cn1. The van der Waals surface area contributed by atoms with E-state index in [-0.39, 0.29) is 22.8 Å². The predicted molar refractivity (Wildman–Crippen MR) is 76.9 cm³/mol. The molecule has 2 rings (SSSR count). The first kappa shape index (κ1) is 14.9. The van der Waals surface area contributed by atoms with Crippen molar-refractivity contribution in [2.75, 3.05) is 10.6 Å². The molecule has 1 aromatic carbocycles. The molecule has 112 valence electrons. The van der Waals surface area contributed by atoms with Crippen LogP contribution in [0.2, 0.25) is 0 Å². The number of aromatic nitrogens is 1. The van der Waals surface area contributed by atoms with Crippen LogP contribution in [0.5, 0.6) is 0 Å².